The van der Waals surface area contributed by atoms with Gasteiger partial charge in [0.05, 0.1) is 24.1 Å². The maximum atomic E-state index is 12.8. The maximum absolute atomic E-state index is 12.8. The van der Waals surface area contributed by atoms with Gasteiger partial charge in [0.1, 0.15) is 12.4 Å². The third kappa shape index (κ3) is 3.49. The smallest absolute Gasteiger partial charge is 0.259 e. The second-order valence-electron chi connectivity index (χ2n) is 6.91. The summed E-state index contributed by atoms with van der Waals surface area (Å²) in [6.45, 7) is 3.91. The number of amides is 1. The zero-order chi connectivity index (χ0) is 19.8. The molecule has 146 valence electrons. The van der Waals surface area contributed by atoms with E-state index < -0.39 is 0 Å². The van der Waals surface area contributed by atoms with Crippen LogP contribution in [0.1, 0.15) is 21.7 Å². The van der Waals surface area contributed by atoms with Gasteiger partial charge in [-0.05, 0) is 55.1 Å². The van der Waals surface area contributed by atoms with Gasteiger partial charge in [0.2, 0.25) is 0 Å². The fourth-order valence-corrected chi connectivity index (χ4v) is 4.43. The number of rotatable bonds is 5. The molecule has 1 N–H and O–H groups in total. The van der Waals surface area contributed by atoms with E-state index in [1.54, 1.807) is 17.8 Å². The van der Waals surface area contributed by atoms with Crippen molar-refractivity contribution in [2.75, 3.05) is 23.3 Å². The van der Waals surface area contributed by atoms with E-state index in [-0.39, 0.29) is 12.5 Å². The van der Waals surface area contributed by atoms with Gasteiger partial charge >= 0.3 is 0 Å². The Morgan fingerprint density at radius 3 is 2.97 bits per heavy atom. The van der Waals surface area contributed by atoms with Gasteiger partial charge in [-0.1, -0.05) is 17.7 Å². The van der Waals surface area contributed by atoms with Crippen LogP contribution in [0.3, 0.4) is 0 Å². The van der Waals surface area contributed by atoms with Crippen molar-refractivity contribution in [3.05, 3.63) is 71.7 Å². The van der Waals surface area contributed by atoms with Gasteiger partial charge in [0.25, 0.3) is 5.91 Å². The van der Waals surface area contributed by atoms with Crippen LogP contribution in [-0.4, -0.2) is 24.2 Å². The van der Waals surface area contributed by atoms with Crippen LogP contribution in [-0.2, 0) is 6.61 Å². The van der Waals surface area contributed by atoms with Gasteiger partial charge in [0, 0.05) is 17.1 Å². The molecular formula is C22H19N3O3S. The number of hydrogen-bond acceptors (Lipinski definition) is 6. The molecule has 0 saturated heterocycles. The lowest BCUT2D eigenvalue weighted by molar-refractivity contribution is 0.102. The minimum atomic E-state index is -0.220. The van der Waals surface area contributed by atoms with Gasteiger partial charge < -0.3 is 19.4 Å². The number of carbonyl (C=O) groups excluding carboxylic acids is 1. The first-order valence-electron chi connectivity index (χ1n) is 9.38. The molecule has 0 radical (unpaired) electrons. The van der Waals surface area contributed by atoms with Crippen LogP contribution in [0.5, 0.6) is 5.75 Å². The quantitative estimate of drug-likeness (QED) is 0.666. The Balaban J connectivity index is 1.29. The van der Waals surface area contributed by atoms with Crippen LogP contribution in [0.4, 0.5) is 11.4 Å². The largest absolute Gasteiger partial charge is 0.486 e. The van der Waals surface area contributed by atoms with Crippen LogP contribution >= 0.6 is 11.8 Å². The van der Waals surface area contributed by atoms with Crippen LogP contribution in [0, 0.1) is 6.92 Å². The summed E-state index contributed by atoms with van der Waals surface area (Å²) in [7, 11) is 0. The number of ether oxygens (including phenoxy) is 1. The number of amidine groups is 1. The number of aliphatic imine (C=N–C) groups is 1. The molecular weight excluding hydrogens is 386 g/mol. The molecule has 5 rings (SSSR count). The molecule has 3 aromatic rings. The van der Waals surface area contributed by atoms with Crippen molar-refractivity contribution >= 4 is 34.2 Å². The molecule has 2 aliphatic heterocycles. The Bertz CT molecular complexity index is 1100. The number of fused-ring (bicyclic) bond motifs is 3. The summed E-state index contributed by atoms with van der Waals surface area (Å²) in [5.74, 6) is 1.01. The first-order valence-corrected chi connectivity index (χ1v) is 10.2. The van der Waals surface area contributed by atoms with Crippen molar-refractivity contribution in [2.24, 2.45) is 4.99 Å². The van der Waals surface area contributed by atoms with E-state index in [1.807, 2.05) is 49.4 Å². The molecule has 2 aliphatic rings. The van der Waals surface area contributed by atoms with Crippen LogP contribution < -0.4 is 15.0 Å². The van der Waals surface area contributed by atoms with Crippen LogP contribution in [0.2, 0.25) is 0 Å². The second kappa shape index (κ2) is 7.33. The Morgan fingerprint density at radius 2 is 2.10 bits per heavy atom. The number of hydrogen-bond donors (Lipinski definition) is 1. The molecule has 0 spiro atoms. The zero-order valence-corrected chi connectivity index (χ0v) is 16.7. The molecule has 29 heavy (non-hydrogen) atoms. The van der Waals surface area contributed by atoms with E-state index in [4.69, 9.17) is 9.15 Å². The highest BCUT2D eigenvalue weighted by atomic mass is 32.2. The highest BCUT2D eigenvalue weighted by Crippen LogP contribution is 2.43. The number of nitrogens with zero attached hydrogens (tertiary/aromatic N) is 2. The molecule has 0 saturated carbocycles. The first-order chi connectivity index (χ1) is 14.2. The van der Waals surface area contributed by atoms with Crippen molar-refractivity contribution in [1.29, 1.82) is 0 Å². The van der Waals surface area contributed by atoms with Gasteiger partial charge in [-0.3, -0.25) is 9.79 Å². The molecule has 2 aromatic carbocycles. The van der Waals surface area contributed by atoms with Gasteiger partial charge in [-0.2, -0.15) is 0 Å². The number of anilines is 2. The van der Waals surface area contributed by atoms with Crippen LogP contribution in [0.25, 0.3) is 0 Å². The lowest BCUT2D eigenvalue weighted by Gasteiger charge is -2.14. The lowest BCUT2D eigenvalue weighted by Crippen LogP contribution is -2.21. The van der Waals surface area contributed by atoms with Gasteiger partial charge in [-0.25, -0.2) is 0 Å². The van der Waals surface area contributed by atoms with E-state index >= 15 is 0 Å². The fraction of sp³-hybridized carbons (Fsp3) is 0.182. The zero-order valence-electron chi connectivity index (χ0n) is 15.8. The molecule has 1 aromatic heterocycles. The topological polar surface area (TPSA) is 67.1 Å². The summed E-state index contributed by atoms with van der Waals surface area (Å²) in [5.41, 5.74) is 3.47. The molecule has 0 bridgehead atoms. The molecule has 0 atom stereocenters. The molecule has 1 amide bonds. The van der Waals surface area contributed by atoms with Crippen molar-refractivity contribution in [3.8, 4) is 5.75 Å². The SMILES string of the molecule is Cc1ccc(OCc2occc2C(=O)Nc2ccc3c(c2)N2CCN=C2S3)cc1. The average Bonchev–Trinajstić information content (AvgIpc) is 3.43. The van der Waals surface area contributed by atoms with Gasteiger partial charge in [0.15, 0.2) is 10.9 Å². The van der Waals surface area contributed by atoms with Crippen molar-refractivity contribution in [3.63, 3.8) is 0 Å². The third-order valence-corrected chi connectivity index (χ3v) is 5.99. The fourth-order valence-electron chi connectivity index (χ4n) is 3.36. The summed E-state index contributed by atoms with van der Waals surface area (Å²) in [6, 6.07) is 15.4. The molecule has 6 nitrogen and oxygen atoms in total. The van der Waals surface area contributed by atoms with Crippen LogP contribution in [0.15, 0.2) is 69.1 Å². The molecule has 0 aliphatic carbocycles. The van der Waals surface area contributed by atoms with E-state index in [0.29, 0.717) is 11.3 Å². The first kappa shape index (κ1) is 17.9. The number of nitrogens with one attached hydrogen (secondary N) is 1. The number of benzene rings is 2. The summed E-state index contributed by atoms with van der Waals surface area (Å²) in [5, 5.41) is 4.01. The summed E-state index contributed by atoms with van der Waals surface area (Å²) in [6.07, 6.45) is 1.51. The lowest BCUT2D eigenvalue weighted by atomic mass is 10.2. The maximum Gasteiger partial charge on any atom is 0.259 e. The minimum Gasteiger partial charge on any atom is -0.486 e. The monoisotopic (exact) mass is 405 g/mol. The summed E-state index contributed by atoms with van der Waals surface area (Å²) < 4.78 is 11.2. The molecule has 7 heteroatoms. The van der Waals surface area contributed by atoms with Gasteiger partial charge in [-0.15, -0.1) is 0 Å². The van der Waals surface area contributed by atoms with Crippen molar-refractivity contribution in [2.45, 2.75) is 18.4 Å². The average molecular weight is 405 g/mol. The Kier molecular flexibility index (Phi) is 4.52. The third-order valence-electron chi connectivity index (χ3n) is 4.89. The number of carbonyl (C=O) groups is 1. The van der Waals surface area contributed by atoms with Crippen molar-refractivity contribution in [1.82, 2.24) is 0 Å². The molecule has 3 heterocycles. The predicted molar refractivity (Wildman–Crippen MR) is 114 cm³/mol. The van der Waals surface area contributed by atoms with E-state index in [9.17, 15) is 4.79 Å². The molecule has 0 unspecified atom stereocenters. The van der Waals surface area contributed by atoms with E-state index in [0.717, 1.165) is 45.8 Å². The minimum absolute atomic E-state index is 0.188. The number of aryl methyl sites for hydroxylation is 1. The Morgan fingerprint density at radius 1 is 1.24 bits per heavy atom. The van der Waals surface area contributed by atoms with E-state index in [1.165, 1.54) is 6.26 Å². The standard InChI is InChI=1S/C22H19N3O3S/c1-14-2-5-16(6-3-14)28-13-19-17(8-11-27-19)21(26)24-15-4-7-20-18(12-15)25-10-9-23-22(25)29-20/h2-8,11-12H,9-10,13H2,1H3,(H,24,26). The Labute approximate surface area is 172 Å². The van der Waals surface area contributed by atoms with Crippen molar-refractivity contribution < 1.29 is 13.9 Å². The number of furan rings is 1. The Hall–Kier alpha value is -3.19. The molecule has 0 fully saturated rings. The summed E-state index contributed by atoms with van der Waals surface area (Å²) in [4.78, 5) is 20.7. The normalized spacial score (nSPS) is 14.4. The number of thioether (sulfide) groups is 1. The predicted octanol–water partition coefficient (Wildman–Crippen LogP) is 4.70. The van der Waals surface area contributed by atoms with E-state index in [2.05, 4.69) is 15.2 Å². The highest BCUT2D eigenvalue weighted by molar-refractivity contribution is 8.14. The summed E-state index contributed by atoms with van der Waals surface area (Å²) >= 11 is 1.67. The highest BCUT2D eigenvalue weighted by Gasteiger charge is 2.29. The second-order valence-corrected chi connectivity index (χ2v) is 7.92.